The quantitative estimate of drug-likeness (QED) is 0.0261. The average Bonchev–Trinajstić information content (AvgIpc) is 3.37. The molecule has 0 aliphatic carbocycles. The second-order valence-electron chi connectivity index (χ2n) is 20.6. The molecule has 6 nitrogen and oxygen atoms in total. The maximum absolute atomic E-state index is 12.9. The zero-order valence-corrected chi connectivity index (χ0v) is 47.2. The summed E-state index contributed by atoms with van der Waals surface area (Å²) < 4.78 is 16.9. The molecule has 0 N–H and O–H groups in total. The molecule has 1 atom stereocenters. The van der Waals surface area contributed by atoms with E-state index in [0.29, 0.717) is 19.3 Å². The van der Waals surface area contributed by atoms with Crippen LogP contribution in [0.1, 0.15) is 316 Å². The van der Waals surface area contributed by atoms with E-state index in [-0.39, 0.29) is 31.1 Å². The Morgan fingerprint density at radius 3 is 0.859 bits per heavy atom. The summed E-state index contributed by atoms with van der Waals surface area (Å²) in [5.74, 6) is -0.895. The van der Waals surface area contributed by atoms with Crippen LogP contribution in [0.4, 0.5) is 0 Å². The van der Waals surface area contributed by atoms with E-state index in [0.717, 1.165) is 96.3 Å². The van der Waals surface area contributed by atoms with E-state index in [2.05, 4.69) is 81.5 Å². The first kappa shape index (κ1) is 68.1. The lowest BCUT2D eigenvalue weighted by atomic mass is 10.0. The smallest absolute Gasteiger partial charge is 0.306 e. The van der Waals surface area contributed by atoms with E-state index in [1.54, 1.807) is 0 Å². The predicted octanol–water partition coefficient (Wildman–Crippen LogP) is 20.8. The normalized spacial score (nSPS) is 12.4. The Balaban J connectivity index is 4.39. The van der Waals surface area contributed by atoms with Crippen LogP contribution in [0.2, 0.25) is 0 Å². The monoisotopic (exact) mass is 993 g/mol. The van der Waals surface area contributed by atoms with Gasteiger partial charge in [0.25, 0.3) is 0 Å². The Morgan fingerprint density at radius 1 is 0.296 bits per heavy atom. The van der Waals surface area contributed by atoms with Crippen molar-refractivity contribution in [2.24, 2.45) is 0 Å². The predicted molar refractivity (Wildman–Crippen MR) is 307 cm³/mol. The lowest BCUT2D eigenvalue weighted by Crippen LogP contribution is -2.30. The number of hydrogen-bond donors (Lipinski definition) is 0. The third-order valence-electron chi connectivity index (χ3n) is 13.5. The number of allylic oxidation sites excluding steroid dienone is 10. The Hall–Kier alpha value is -2.89. The minimum Gasteiger partial charge on any atom is -0.462 e. The molecule has 71 heavy (non-hydrogen) atoms. The van der Waals surface area contributed by atoms with E-state index in [9.17, 15) is 14.4 Å². The van der Waals surface area contributed by atoms with Gasteiger partial charge in [0.05, 0.1) is 0 Å². The summed E-state index contributed by atoms with van der Waals surface area (Å²) in [6, 6.07) is 0. The fraction of sp³-hybridized carbons (Fsp3) is 0.800. The van der Waals surface area contributed by atoms with Gasteiger partial charge in [0.2, 0.25) is 0 Å². The lowest BCUT2D eigenvalue weighted by molar-refractivity contribution is -0.167. The molecule has 0 aromatic carbocycles. The van der Waals surface area contributed by atoms with Crippen LogP contribution >= 0.6 is 0 Å². The molecule has 0 saturated heterocycles. The minimum absolute atomic E-state index is 0.0803. The van der Waals surface area contributed by atoms with Crippen molar-refractivity contribution in [2.45, 2.75) is 322 Å². The van der Waals surface area contributed by atoms with Crippen LogP contribution in [0.25, 0.3) is 0 Å². The summed E-state index contributed by atoms with van der Waals surface area (Å²) >= 11 is 0. The molecule has 0 aliphatic heterocycles. The molecule has 0 radical (unpaired) electrons. The van der Waals surface area contributed by atoms with Crippen LogP contribution in [0, 0.1) is 0 Å². The highest BCUT2D eigenvalue weighted by Crippen LogP contribution is 2.17. The molecule has 0 bridgehead atoms. The van der Waals surface area contributed by atoms with E-state index in [4.69, 9.17) is 14.2 Å². The maximum Gasteiger partial charge on any atom is 0.306 e. The second-order valence-corrected chi connectivity index (χ2v) is 20.6. The van der Waals surface area contributed by atoms with Gasteiger partial charge in [0, 0.05) is 19.3 Å². The molecule has 0 rings (SSSR count). The molecule has 0 aromatic rings. The molecule has 0 fully saturated rings. The van der Waals surface area contributed by atoms with Gasteiger partial charge in [0.15, 0.2) is 6.10 Å². The van der Waals surface area contributed by atoms with Crippen molar-refractivity contribution >= 4 is 17.9 Å². The first-order valence-corrected chi connectivity index (χ1v) is 30.8. The number of carbonyl (C=O) groups is 3. The molecule has 6 heteroatoms. The SMILES string of the molecule is CC/C=C/C/C=C/C/C=C/C/C=C/C/C=C/CCCCCC(=O)OC[C@@H](COC(=O)CCCCCCCCCCCCCCCCC)OC(=O)CCCCCCCCCCCCCCCCCCCCC. The van der Waals surface area contributed by atoms with Crippen molar-refractivity contribution < 1.29 is 28.6 Å². The number of esters is 3. The summed E-state index contributed by atoms with van der Waals surface area (Å²) in [5.41, 5.74) is 0. The van der Waals surface area contributed by atoms with Crippen molar-refractivity contribution in [2.75, 3.05) is 13.2 Å². The summed E-state index contributed by atoms with van der Waals surface area (Å²) in [6.45, 7) is 6.55. The molecule has 0 saturated carbocycles. The van der Waals surface area contributed by atoms with Gasteiger partial charge in [-0.15, -0.1) is 0 Å². The standard InChI is InChI=1S/C65H116O6/c1-4-7-10-13-16-19-22-25-28-30-32-34-37-40-43-46-49-52-55-58-64(67)70-61-62(60-69-63(66)57-54-51-48-45-42-39-36-27-24-21-18-15-12-9-6-3)71-65(68)59-56-53-50-47-44-41-38-35-33-31-29-26-23-20-17-14-11-8-5-2/h7,10,16,19,25,28,32,34,40,43,62H,4-6,8-9,11-15,17-18,20-24,26-27,29-31,33,35-39,41-42,44-61H2,1-3H3/b10-7+,19-16+,28-25+,34-32+,43-40+/t62-/m1/s1. The Bertz CT molecular complexity index is 1280. The Morgan fingerprint density at radius 2 is 0.549 bits per heavy atom. The summed E-state index contributed by atoms with van der Waals surface area (Å²) in [4.78, 5) is 38.3. The molecule has 0 aliphatic rings. The fourth-order valence-electron chi connectivity index (χ4n) is 8.94. The molecule has 0 amide bonds. The van der Waals surface area contributed by atoms with Crippen molar-refractivity contribution in [3.8, 4) is 0 Å². The van der Waals surface area contributed by atoms with Crippen LogP contribution < -0.4 is 0 Å². The number of carbonyl (C=O) groups excluding carboxylic acids is 3. The van der Waals surface area contributed by atoms with Gasteiger partial charge in [-0.05, 0) is 64.2 Å². The van der Waals surface area contributed by atoms with Crippen molar-refractivity contribution in [3.63, 3.8) is 0 Å². The summed E-state index contributed by atoms with van der Waals surface area (Å²) in [7, 11) is 0. The zero-order chi connectivity index (χ0) is 51.4. The Labute approximate surface area is 440 Å². The third-order valence-corrected chi connectivity index (χ3v) is 13.5. The number of rotatable bonds is 56. The van der Waals surface area contributed by atoms with Gasteiger partial charge in [-0.2, -0.15) is 0 Å². The van der Waals surface area contributed by atoms with Crippen LogP contribution in [-0.2, 0) is 28.6 Å². The minimum atomic E-state index is -0.785. The second kappa shape index (κ2) is 59.7. The van der Waals surface area contributed by atoms with Crippen molar-refractivity contribution in [1.29, 1.82) is 0 Å². The fourth-order valence-corrected chi connectivity index (χ4v) is 8.94. The van der Waals surface area contributed by atoms with Crippen LogP contribution in [-0.4, -0.2) is 37.2 Å². The molecular weight excluding hydrogens is 877 g/mol. The van der Waals surface area contributed by atoms with E-state index >= 15 is 0 Å². The van der Waals surface area contributed by atoms with E-state index in [1.165, 1.54) is 180 Å². The molecule has 0 unspecified atom stereocenters. The molecule has 412 valence electrons. The number of unbranched alkanes of at least 4 members (excludes halogenated alkanes) is 35. The van der Waals surface area contributed by atoms with Crippen LogP contribution in [0.5, 0.6) is 0 Å². The van der Waals surface area contributed by atoms with Crippen LogP contribution in [0.15, 0.2) is 60.8 Å². The Kier molecular flexibility index (Phi) is 57.2. The van der Waals surface area contributed by atoms with Gasteiger partial charge in [-0.25, -0.2) is 0 Å². The van der Waals surface area contributed by atoms with Crippen LogP contribution in [0.3, 0.4) is 0 Å². The van der Waals surface area contributed by atoms with Gasteiger partial charge in [-0.1, -0.05) is 293 Å². The van der Waals surface area contributed by atoms with Gasteiger partial charge in [-0.3, -0.25) is 14.4 Å². The summed E-state index contributed by atoms with van der Waals surface area (Å²) in [6.07, 6.45) is 75.0. The molecule has 0 spiro atoms. The molecular formula is C65H116O6. The maximum atomic E-state index is 12.9. The van der Waals surface area contributed by atoms with Gasteiger partial charge < -0.3 is 14.2 Å². The molecule has 0 aromatic heterocycles. The topological polar surface area (TPSA) is 78.9 Å². The average molecular weight is 994 g/mol. The highest BCUT2D eigenvalue weighted by atomic mass is 16.6. The van der Waals surface area contributed by atoms with Crippen molar-refractivity contribution in [1.82, 2.24) is 0 Å². The van der Waals surface area contributed by atoms with Gasteiger partial charge >= 0.3 is 17.9 Å². The molecule has 0 heterocycles. The van der Waals surface area contributed by atoms with E-state index in [1.807, 2.05) is 0 Å². The lowest BCUT2D eigenvalue weighted by Gasteiger charge is -2.18. The highest BCUT2D eigenvalue weighted by Gasteiger charge is 2.19. The first-order valence-electron chi connectivity index (χ1n) is 30.8. The highest BCUT2D eigenvalue weighted by molar-refractivity contribution is 5.71. The largest absolute Gasteiger partial charge is 0.462 e. The van der Waals surface area contributed by atoms with Gasteiger partial charge in [0.1, 0.15) is 13.2 Å². The number of ether oxygens (including phenoxy) is 3. The summed E-state index contributed by atoms with van der Waals surface area (Å²) in [5, 5.41) is 0. The zero-order valence-electron chi connectivity index (χ0n) is 47.2. The van der Waals surface area contributed by atoms with E-state index < -0.39 is 6.10 Å². The third kappa shape index (κ3) is 57.9. The van der Waals surface area contributed by atoms with Crippen molar-refractivity contribution in [3.05, 3.63) is 60.8 Å². The number of hydrogen-bond acceptors (Lipinski definition) is 6. The first-order chi connectivity index (χ1) is 35.0.